The first-order chi connectivity index (χ1) is 15.7. The number of H-pyrrole nitrogens is 1. The van der Waals surface area contributed by atoms with Gasteiger partial charge in [-0.1, -0.05) is 12.1 Å². The topological polar surface area (TPSA) is 176 Å². The first-order valence-electron chi connectivity index (χ1n) is 9.67. The second-order valence-electron chi connectivity index (χ2n) is 7.62. The third-order valence-electron chi connectivity index (χ3n) is 5.58. The molecule has 2 saturated heterocycles. The summed E-state index contributed by atoms with van der Waals surface area (Å²) >= 11 is 3.27. The van der Waals surface area contributed by atoms with Gasteiger partial charge in [0, 0.05) is 11.8 Å². The summed E-state index contributed by atoms with van der Waals surface area (Å²) in [6.07, 6.45) is -3.03. The molecule has 3 N–H and O–H groups in total. The molecule has 13 nitrogen and oxygen atoms in total. The van der Waals surface area contributed by atoms with Crippen LogP contribution < -0.4 is 10.5 Å². The lowest BCUT2D eigenvalue weighted by molar-refractivity contribution is -0.245. The standard InChI is InChI=1S/C18H15BrN5O8P/c19-17-21-11-14(24(17)16-12(26)13-10(31-16)6-30-33(28,29)32-13)22-18-20-9(5-23(18)15(11)27)7-2-1-3-8(25)4-7/h1-5,10,12-13,16,25-26H,6H2,(H,20,22)(H,28,29)/p-1/t10?,12?,13-,16-/m1/s1. The van der Waals surface area contributed by atoms with Gasteiger partial charge in [0.05, 0.1) is 12.3 Å². The molecule has 1 aromatic carbocycles. The van der Waals surface area contributed by atoms with Crippen molar-refractivity contribution in [3.63, 3.8) is 0 Å². The molecule has 33 heavy (non-hydrogen) atoms. The van der Waals surface area contributed by atoms with Gasteiger partial charge in [0.1, 0.15) is 24.1 Å². The average molecular weight is 539 g/mol. The molecule has 2 fully saturated rings. The quantitative estimate of drug-likeness (QED) is 0.242. The second-order valence-corrected chi connectivity index (χ2v) is 9.69. The van der Waals surface area contributed by atoms with E-state index in [2.05, 4.69) is 35.4 Å². The monoisotopic (exact) mass is 538 g/mol. The highest BCUT2D eigenvalue weighted by Gasteiger charge is 2.51. The summed E-state index contributed by atoms with van der Waals surface area (Å²) in [7, 11) is -4.55. The van der Waals surface area contributed by atoms with Crippen LogP contribution in [0.2, 0.25) is 0 Å². The Hall–Kier alpha value is -2.58. The Kier molecular flexibility index (Phi) is 4.58. The van der Waals surface area contributed by atoms with E-state index in [1.165, 1.54) is 27.3 Å². The summed E-state index contributed by atoms with van der Waals surface area (Å²) < 4.78 is 29.8. The summed E-state index contributed by atoms with van der Waals surface area (Å²) in [5.41, 5.74) is 0.794. The SMILES string of the molecule is O=c1c2nc(Br)n([C@@H]3OC4COP(=O)([O-])O[C@H]4C3O)c2nc2[nH]c(-c3cccc(O)c3)cn12. The molecule has 0 saturated carbocycles. The van der Waals surface area contributed by atoms with Crippen LogP contribution in [-0.2, 0) is 18.3 Å². The zero-order valence-electron chi connectivity index (χ0n) is 16.4. The number of nitrogens with zero attached hydrogens (tertiary/aromatic N) is 4. The number of fused-ring (bicyclic) bond motifs is 3. The van der Waals surface area contributed by atoms with E-state index in [4.69, 9.17) is 9.26 Å². The molecule has 172 valence electrons. The minimum atomic E-state index is -4.55. The number of phosphoric acid groups is 1. The third kappa shape index (κ3) is 3.26. The zero-order valence-corrected chi connectivity index (χ0v) is 18.8. The molecule has 0 aliphatic carbocycles. The number of ether oxygens (including phenoxy) is 1. The van der Waals surface area contributed by atoms with Gasteiger partial charge in [-0.05, 0) is 28.1 Å². The van der Waals surface area contributed by atoms with Crippen LogP contribution in [0.25, 0.3) is 28.2 Å². The number of rotatable bonds is 2. The molecule has 2 aliphatic rings. The lowest BCUT2D eigenvalue weighted by atomic mass is 10.1. The second kappa shape index (κ2) is 7.21. The maximum absolute atomic E-state index is 13.1. The van der Waals surface area contributed by atoms with Crippen molar-refractivity contribution in [2.24, 2.45) is 0 Å². The number of phenols is 1. The van der Waals surface area contributed by atoms with E-state index in [1.807, 2.05) is 0 Å². The smallest absolute Gasteiger partial charge is 0.287 e. The molecular formula is C18H14BrN5O8P-. The Morgan fingerprint density at radius 2 is 2.15 bits per heavy atom. The fourth-order valence-electron chi connectivity index (χ4n) is 4.09. The van der Waals surface area contributed by atoms with Gasteiger partial charge in [0.25, 0.3) is 13.4 Å². The largest absolute Gasteiger partial charge is 0.756 e. The molecule has 0 bridgehead atoms. The molecule has 3 unspecified atom stereocenters. The average Bonchev–Trinajstić information content (AvgIpc) is 3.42. The Morgan fingerprint density at radius 1 is 1.33 bits per heavy atom. The third-order valence-corrected chi connectivity index (χ3v) is 7.10. The first kappa shape index (κ1) is 21.0. The molecule has 15 heteroatoms. The van der Waals surface area contributed by atoms with Crippen LogP contribution in [0, 0.1) is 0 Å². The zero-order chi connectivity index (χ0) is 23.1. The van der Waals surface area contributed by atoms with Crippen LogP contribution in [0.4, 0.5) is 0 Å². The molecular weight excluding hydrogens is 525 g/mol. The normalized spacial score (nSPS) is 29.7. The Labute approximate surface area is 191 Å². The number of hydrogen-bond acceptors (Lipinski definition) is 10. The van der Waals surface area contributed by atoms with E-state index >= 15 is 0 Å². The molecule has 0 spiro atoms. The Balaban J connectivity index is 1.48. The van der Waals surface area contributed by atoms with E-state index < -0.39 is 37.9 Å². The highest BCUT2D eigenvalue weighted by molar-refractivity contribution is 9.10. The number of phenolic OH excluding ortho intramolecular Hbond substituents is 1. The molecule has 3 aromatic heterocycles. The fraction of sp³-hybridized carbons (Fsp3) is 0.278. The molecule has 2 aliphatic heterocycles. The van der Waals surface area contributed by atoms with Gasteiger partial charge in [0.2, 0.25) is 5.78 Å². The fourth-order valence-corrected chi connectivity index (χ4v) is 5.59. The lowest BCUT2D eigenvalue weighted by Gasteiger charge is -2.34. The predicted molar refractivity (Wildman–Crippen MR) is 112 cm³/mol. The minimum absolute atomic E-state index is 0.00169. The lowest BCUT2D eigenvalue weighted by Crippen LogP contribution is -2.41. The van der Waals surface area contributed by atoms with Crippen molar-refractivity contribution in [2.45, 2.75) is 24.5 Å². The number of aromatic nitrogens is 5. The van der Waals surface area contributed by atoms with Gasteiger partial charge >= 0.3 is 0 Å². The van der Waals surface area contributed by atoms with E-state index in [1.54, 1.807) is 12.1 Å². The van der Waals surface area contributed by atoms with Crippen molar-refractivity contribution in [1.29, 1.82) is 0 Å². The van der Waals surface area contributed by atoms with Gasteiger partial charge in [-0.15, -0.1) is 0 Å². The number of imidazole rings is 2. The first-order valence-corrected chi connectivity index (χ1v) is 11.9. The number of aliphatic hydroxyl groups is 1. The molecule has 6 rings (SSSR count). The van der Waals surface area contributed by atoms with Crippen molar-refractivity contribution in [2.75, 3.05) is 6.61 Å². The van der Waals surface area contributed by atoms with Gasteiger partial charge in [0.15, 0.2) is 22.1 Å². The van der Waals surface area contributed by atoms with Crippen LogP contribution >= 0.6 is 23.8 Å². The summed E-state index contributed by atoms with van der Waals surface area (Å²) in [5, 5.41) is 20.5. The maximum Gasteiger partial charge on any atom is 0.287 e. The Bertz CT molecular complexity index is 1530. The maximum atomic E-state index is 13.1. The Morgan fingerprint density at radius 3 is 2.94 bits per heavy atom. The van der Waals surface area contributed by atoms with Gasteiger partial charge < -0.3 is 33.9 Å². The van der Waals surface area contributed by atoms with Crippen LogP contribution in [0.5, 0.6) is 5.75 Å². The van der Waals surface area contributed by atoms with E-state index in [-0.39, 0.29) is 34.0 Å². The number of hydrogen-bond donors (Lipinski definition) is 3. The molecule has 5 atom stereocenters. The highest BCUT2D eigenvalue weighted by Crippen LogP contribution is 2.50. The number of aromatic hydroxyl groups is 1. The number of benzene rings is 1. The van der Waals surface area contributed by atoms with Crippen molar-refractivity contribution in [1.82, 2.24) is 23.9 Å². The molecule has 5 heterocycles. The summed E-state index contributed by atoms with van der Waals surface area (Å²) in [4.78, 5) is 36.5. The van der Waals surface area contributed by atoms with Gasteiger partial charge in [-0.25, -0.2) is 9.38 Å². The molecule has 0 radical (unpaired) electrons. The number of halogens is 1. The van der Waals surface area contributed by atoms with E-state index in [9.17, 15) is 24.5 Å². The predicted octanol–water partition coefficient (Wildman–Crippen LogP) is 0.649. The van der Waals surface area contributed by atoms with Crippen LogP contribution in [0.1, 0.15) is 6.23 Å². The van der Waals surface area contributed by atoms with E-state index in [0.717, 1.165) is 0 Å². The number of nitrogens with one attached hydrogen (secondary N) is 1. The molecule has 4 aromatic rings. The van der Waals surface area contributed by atoms with Crippen LogP contribution in [0.3, 0.4) is 0 Å². The number of phosphoric ester groups is 1. The summed E-state index contributed by atoms with van der Waals surface area (Å²) in [5.74, 6) is 0.254. The van der Waals surface area contributed by atoms with Crippen molar-refractivity contribution >= 4 is 40.7 Å². The van der Waals surface area contributed by atoms with Crippen LogP contribution in [0.15, 0.2) is 40.0 Å². The summed E-state index contributed by atoms with van der Waals surface area (Å²) in [6, 6.07) is 6.48. The summed E-state index contributed by atoms with van der Waals surface area (Å²) in [6.45, 7) is -0.312. The molecule has 0 amide bonds. The van der Waals surface area contributed by atoms with Crippen molar-refractivity contribution < 1.29 is 33.5 Å². The van der Waals surface area contributed by atoms with Crippen molar-refractivity contribution in [3.05, 3.63) is 45.5 Å². The van der Waals surface area contributed by atoms with E-state index in [0.29, 0.717) is 11.3 Å². The number of aromatic amines is 1. The van der Waals surface area contributed by atoms with Crippen LogP contribution in [-0.4, -0.2) is 59.1 Å². The number of aliphatic hydroxyl groups excluding tert-OH is 1. The van der Waals surface area contributed by atoms with Gasteiger partial charge in [-0.2, -0.15) is 4.98 Å². The minimum Gasteiger partial charge on any atom is -0.756 e. The van der Waals surface area contributed by atoms with Gasteiger partial charge in [-0.3, -0.25) is 13.9 Å². The highest BCUT2D eigenvalue weighted by atomic mass is 79.9. The van der Waals surface area contributed by atoms with Crippen molar-refractivity contribution in [3.8, 4) is 17.0 Å².